The van der Waals surface area contributed by atoms with Crippen molar-refractivity contribution in [2.45, 2.75) is 6.92 Å². The molecule has 0 unspecified atom stereocenters. The summed E-state index contributed by atoms with van der Waals surface area (Å²) < 4.78 is 0. The van der Waals surface area contributed by atoms with Gasteiger partial charge in [0.15, 0.2) is 0 Å². The predicted molar refractivity (Wildman–Crippen MR) is 40.1 cm³/mol. The normalized spacial score (nSPS) is 10.0. The Morgan fingerprint density at radius 1 is 1.55 bits per heavy atom. The molecule has 62 valence electrons. The fraction of sp³-hybridized carbons (Fsp3) is 0.429. The fourth-order valence-corrected chi connectivity index (χ4v) is 0.440. The number of amides is 1. The highest BCUT2D eigenvalue weighted by Gasteiger charge is 1.97. The van der Waals surface area contributed by atoms with Crippen LogP contribution in [-0.4, -0.2) is 35.5 Å². The van der Waals surface area contributed by atoms with Crippen LogP contribution in [0.15, 0.2) is 12.2 Å². The number of carbonyl (C=O) groups is 2. The molecule has 11 heavy (non-hydrogen) atoms. The third-order valence-electron chi connectivity index (χ3n) is 1.18. The molecule has 0 spiro atoms. The Morgan fingerprint density at radius 3 is 2.45 bits per heavy atom. The summed E-state index contributed by atoms with van der Waals surface area (Å²) in [6.07, 6.45) is 2.43. The molecule has 0 aliphatic rings. The summed E-state index contributed by atoms with van der Waals surface area (Å²) in [4.78, 5) is 21.9. The summed E-state index contributed by atoms with van der Waals surface area (Å²) in [5.41, 5.74) is 0. The molecule has 0 aromatic carbocycles. The van der Waals surface area contributed by atoms with Crippen LogP contribution in [0.1, 0.15) is 6.92 Å². The van der Waals surface area contributed by atoms with E-state index in [2.05, 4.69) is 0 Å². The third-order valence-corrected chi connectivity index (χ3v) is 1.18. The highest BCUT2D eigenvalue weighted by atomic mass is 16.4. The van der Waals surface area contributed by atoms with Crippen molar-refractivity contribution in [1.82, 2.24) is 4.90 Å². The Hall–Kier alpha value is -1.32. The smallest absolute Gasteiger partial charge is 0.328 e. The number of nitrogens with zero attached hydrogens (tertiary/aromatic N) is 1. The maximum Gasteiger partial charge on any atom is 0.328 e. The van der Waals surface area contributed by atoms with E-state index < -0.39 is 5.97 Å². The minimum Gasteiger partial charge on any atom is -0.478 e. The van der Waals surface area contributed by atoms with Crippen molar-refractivity contribution < 1.29 is 14.7 Å². The van der Waals surface area contributed by atoms with Gasteiger partial charge in [0.05, 0.1) is 0 Å². The zero-order valence-corrected chi connectivity index (χ0v) is 6.57. The van der Waals surface area contributed by atoms with Gasteiger partial charge in [-0.1, -0.05) is 6.08 Å². The molecule has 0 saturated heterocycles. The fourth-order valence-electron chi connectivity index (χ4n) is 0.440. The second-order valence-corrected chi connectivity index (χ2v) is 2.14. The van der Waals surface area contributed by atoms with Gasteiger partial charge in [-0.05, 0) is 0 Å². The average molecular weight is 157 g/mol. The maximum absolute atomic E-state index is 10.6. The number of likely N-dealkylation sites (N-methyl/N-ethyl adjacent to an activating group) is 1. The molecule has 1 amide bonds. The van der Waals surface area contributed by atoms with Gasteiger partial charge in [0.25, 0.3) is 0 Å². The van der Waals surface area contributed by atoms with Crippen LogP contribution in [0.3, 0.4) is 0 Å². The average Bonchev–Trinajstić information content (AvgIpc) is 1.86. The van der Waals surface area contributed by atoms with E-state index in [1.54, 1.807) is 7.05 Å². The van der Waals surface area contributed by atoms with Crippen LogP contribution in [0.25, 0.3) is 0 Å². The Bertz CT molecular complexity index is 186. The number of hydrogen-bond donors (Lipinski definition) is 1. The van der Waals surface area contributed by atoms with Gasteiger partial charge in [0.2, 0.25) is 5.91 Å². The van der Waals surface area contributed by atoms with Crippen LogP contribution in [0.5, 0.6) is 0 Å². The molecule has 0 atom stereocenters. The van der Waals surface area contributed by atoms with Crippen LogP contribution in [0.4, 0.5) is 0 Å². The first-order valence-electron chi connectivity index (χ1n) is 3.15. The number of rotatable bonds is 3. The van der Waals surface area contributed by atoms with E-state index in [0.29, 0.717) is 6.54 Å². The molecule has 0 heterocycles. The van der Waals surface area contributed by atoms with Crippen molar-refractivity contribution >= 4 is 11.9 Å². The molecule has 1 N–H and O–H groups in total. The lowest BCUT2D eigenvalue weighted by atomic mass is 10.4. The summed E-state index contributed by atoms with van der Waals surface area (Å²) in [6, 6.07) is 0. The van der Waals surface area contributed by atoms with E-state index in [0.717, 1.165) is 6.08 Å². The van der Waals surface area contributed by atoms with Crippen molar-refractivity contribution in [3.05, 3.63) is 12.2 Å². The van der Waals surface area contributed by atoms with Crippen molar-refractivity contribution in [1.29, 1.82) is 0 Å². The minimum absolute atomic E-state index is 0.0833. The molecule has 0 aliphatic carbocycles. The molecule has 0 aromatic heterocycles. The molecule has 0 aliphatic heterocycles. The lowest BCUT2D eigenvalue weighted by Gasteiger charge is -2.10. The minimum atomic E-state index is -0.998. The lowest BCUT2D eigenvalue weighted by molar-refractivity contribution is -0.131. The maximum atomic E-state index is 10.6. The van der Waals surface area contributed by atoms with Gasteiger partial charge in [-0.2, -0.15) is 0 Å². The van der Waals surface area contributed by atoms with Gasteiger partial charge in [0.1, 0.15) is 0 Å². The van der Waals surface area contributed by atoms with Crippen LogP contribution < -0.4 is 0 Å². The molecule has 0 bridgehead atoms. The highest BCUT2D eigenvalue weighted by molar-refractivity contribution is 5.80. The number of hydrogen-bond acceptors (Lipinski definition) is 2. The Balaban J connectivity index is 3.70. The molecule has 0 fully saturated rings. The Kier molecular flexibility index (Phi) is 3.95. The zero-order valence-electron chi connectivity index (χ0n) is 6.57. The SMILES string of the molecule is CC(=O)N(C)C/C=C/C(=O)O. The number of carboxylic acids is 1. The third kappa shape index (κ3) is 5.14. The molecule has 4 nitrogen and oxygen atoms in total. The number of aliphatic carboxylic acids is 1. The van der Waals surface area contributed by atoms with Gasteiger partial charge in [-0.3, -0.25) is 4.79 Å². The topological polar surface area (TPSA) is 57.6 Å². The second-order valence-electron chi connectivity index (χ2n) is 2.14. The molecule has 0 rings (SSSR count). The van der Waals surface area contributed by atoms with E-state index in [9.17, 15) is 9.59 Å². The van der Waals surface area contributed by atoms with Gasteiger partial charge in [-0.25, -0.2) is 4.79 Å². The summed E-state index contributed by atoms with van der Waals surface area (Å²) in [5, 5.41) is 8.17. The van der Waals surface area contributed by atoms with Crippen LogP contribution in [0.2, 0.25) is 0 Å². The monoisotopic (exact) mass is 157 g/mol. The van der Waals surface area contributed by atoms with Gasteiger partial charge >= 0.3 is 5.97 Å². The summed E-state index contributed by atoms with van der Waals surface area (Å²) in [6.45, 7) is 1.76. The lowest BCUT2D eigenvalue weighted by Crippen LogP contribution is -2.23. The van der Waals surface area contributed by atoms with Crippen molar-refractivity contribution in [3.63, 3.8) is 0 Å². The van der Waals surface area contributed by atoms with Gasteiger partial charge in [-0.15, -0.1) is 0 Å². The molecule has 0 aromatic rings. The predicted octanol–water partition coefficient (Wildman–Crippen LogP) is 0.106. The van der Waals surface area contributed by atoms with E-state index in [1.807, 2.05) is 0 Å². The van der Waals surface area contributed by atoms with Gasteiger partial charge in [0, 0.05) is 26.6 Å². The van der Waals surface area contributed by atoms with Crippen molar-refractivity contribution in [2.75, 3.05) is 13.6 Å². The van der Waals surface area contributed by atoms with Crippen LogP contribution >= 0.6 is 0 Å². The standard InChI is InChI=1S/C7H11NO3/c1-6(9)8(2)5-3-4-7(10)11/h3-4H,5H2,1-2H3,(H,10,11)/b4-3+. The molecule has 4 heteroatoms. The highest BCUT2D eigenvalue weighted by Crippen LogP contribution is 1.83. The molecular formula is C7H11NO3. The summed E-state index contributed by atoms with van der Waals surface area (Å²) in [7, 11) is 1.61. The Morgan fingerprint density at radius 2 is 2.09 bits per heavy atom. The number of carbonyl (C=O) groups excluding carboxylic acids is 1. The quantitative estimate of drug-likeness (QED) is 0.591. The van der Waals surface area contributed by atoms with E-state index in [4.69, 9.17) is 5.11 Å². The van der Waals surface area contributed by atoms with Crippen LogP contribution in [-0.2, 0) is 9.59 Å². The molecular weight excluding hydrogens is 146 g/mol. The van der Waals surface area contributed by atoms with Crippen molar-refractivity contribution in [2.24, 2.45) is 0 Å². The first-order valence-corrected chi connectivity index (χ1v) is 3.15. The van der Waals surface area contributed by atoms with E-state index >= 15 is 0 Å². The van der Waals surface area contributed by atoms with Gasteiger partial charge < -0.3 is 10.0 Å². The largest absolute Gasteiger partial charge is 0.478 e. The van der Waals surface area contributed by atoms with E-state index in [1.165, 1.54) is 17.9 Å². The first-order chi connectivity index (χ1) is 5.04. The number of carboxylic acid groups (broad SMARTS) is 1. The second kappa shape index (κ2) is 4.49. The zero-order chi connectivity index (χ0) is 8.85. The molecule has 0 saturated carbocycles. The van der Waals surface area contributed by atoms with E-state index in [-0.39, 0.29) is 5.91 Å². The van der Waals surface area contributed by atoms with Crippen molar-refractivity contribution in [3.8, 4) is 0 Å². The summed E-state index contributed by atoms with van der Waals surface area (Å²) >= 11 is 0. The van der Waals surface area contributed by atoms with Crippen LogP contribution in [0, 0.1) is 0 Å². The first kappa shape index (κ1) is 9.68. The Labute approximate surface area is 65.1 Å². The molecule has 0 radical (unpaired) electrons. The summed E-state index contributed by atoms with van der Waals surface area (Å²) in [5.74, 6) is -1.08.